The minimum atomic E-state index is -3.86. The first kappa shape index (κ1) is 23.9. The Morgan fingerprint density at radius 1 is 0.971 bits per heavy atom. The van der Waals surface area contributed by atoms with Crippen molar-refractivity contribution in [1.29, 1.82) is 0 Å². The molecular weight excluding hydrogens is 496 g/mol. The monoisotopic (exact) mass is 516 g/mol. The molecule has 0 spiro atoms. The number of thiophene rings is 1. The van der Waals surface area contributed by atoms with Crippen LogP contribution in [0.4, 0.5) is 11.4 Å². The van der Waals surface area contributed by atoms with Crippen molar-refractivity contribution in [3.63, 3.8) is 0 Å². The number of nitrogens with zero attached hydrogens (tertiary/aromatic N) is 1. The molecule has 7 nitrogen and oxygen atoms in total. The van der Waals surface area contributed by atoms with Crippen LogP contribution in [0.25, 0.3) is 10.1 Å². The zero-order valence-corrected chi connectivity index (χ0v) is 20.9. The first-order valence-corrected chi connectivity index (χ1v) is 12.7. The zero-order valence-electron chi connectivity index (χ0n) is 18.5. The Morgan fingerprint density at radius 3 is 2.41 bits per heavy atom. The maximum atomic E-state index is 13.2. The van der Waals surface area contributed by atoms with E-state index in [-0.39, 0.29) is 15.8 Å². The van der Waals surface area contributed by atoms with Crippen molar-refractivity contribution in [3.05, 3.63) is 76.6 Å². The van der Waals surface area contributed by atoms with Crippen LogP contribution >= 0.6 is 22.9 Å². The molecule has 10 heteroatoms. The number of rotatable bonds is 7. The summed E-state index contributed by atoms with van der Waals surface area (Å²) in [7, 11) is 0.605. The Labute approximate surface area is 206 Å². The van der Waals surface area contributed by atoms with E-state index in [9.17, 15) is 13.2 Å². The number of carbonyl (C=O) groups is 1. The van der Waals surface area contributed by atoms with Crippen LogP contribution in [-0.2, 0) is 10.0 Å². The molecule has 0 fully saturated rings. The van der Waals surface area contributed by atoms with Crippen LogP contribution in [0.3, 0.4) is 0 Å². The van der Waals surface area contributed by atoms with Gasteiger partial charge < -0.3 is 14.8 Å². The number of carbonyl (C=O) groups excluding carboxylic acids is 1. The summed E-state index contributed by atoms with van der Waals surface area (Å²) in [5, 5.41) is 3.81. The van der Waals surface area contributed by atoms with E-state index in [1.54, 1.807) is 36.4 Å². The SMILES string of the molecule is COc1ccc(S(=O)(=O)N(C)c2ccc3sc(C(=O)Nc4ccccc4OC)cc3c2)cc1Cl. The first-order valence-electron chi connectivity index (χ1n) is 10.0. The minimum absolute atomic E-state index is 0.0445. The molecule has 4 aromatic rings. The molecule has 1 N–H and O–H groups in total. The number of anilines is 2. The highest BCUT2D eigenvalue weighted by atomic mass is 35.5. The lowest BCUT2D eigenvalue weighted by atomic mass is 10.2. The predicted octanol–water partition coefficient (Wildman–Crippen LogP) is 5.65. The number of hydrogen-bond acceptors (Lipinski definition) is 6. The van der Waals surface area contributed by atoms with Crippen LogP contribution in [0.5, 0.6) is 11.5 Å². The first-order chi connectivity index (χ1) is 16.2. The Kier molecular flexibility index (Phi) is 6.70. The maximum absolute atomic E-state index is 13.2. The molecule has 0 saturated heterocycles. The van der Waals surface area contributed by atoms with Gasteiger partial charge >= 0.3 is 0 Å². The van der Waals surface area contributed by atoms with Gasteiger partial charge in [-0.25, -0.2) is 8.42 Å². The van der Waals surface area contributed by atoms with Crippen LogP contribution in [0.2, 0.25) is 5.02 Å². The van der Waals surface area contributed by atoms with Gasteiger partial charge in [0, 0.05) is 11.7 Å². The van der Waals surface area contributed by atoms with Gasteiger partial charge in [0.05, 0.1) is 40.4 Å². The third kappa shape index (κ3) is 4.54. The normalized spacial score (nSPS) is 11.3. The zero-order chi connectivity index (χ0) is 24.5. The van der Waals surface area contributed by atoms with Crippen molar-refractivity contribution >= 4 is 60.3 Å². The van der Waals surface area contributed by atoms with E-state index in [0.717, 1.165) is 10.1 Å². The third-order valence-corrected chi connectivity index (χ3v) is 8.42. The van der Waals surface area contributed by atoms with Gasteiger partial charge in [-0.1, -0.05) is 23.7 Å². The molecule has 0 aliphatic carbocycles. The van der Waals surface area contributed by atoms with Gasteiger partial charge in [-0.15, -0.1) is 11.3 Å². The highest BCUT2D eigenvalue weighted by Crippen LogP contribution is 2.34. The molecule has 0 aliphatic heterocycles. The number of halogens is 1. The molecule has 34 heavy (non-hydrogen) atoms. The summed E-state index contributed by atoms with van der Waals surface area (Å²) in [6, 6.07) is 18.4. The molecule has 0 aliphatic rings. The molecule has 3 aromatic carbocycles. The summed E-state index contributed by atoms with van der Waals surface area (Å²) < 4.78 is 38.7. The van der Waals surface area contributed by atoms with Crippen LogP contribution in [0, 0.1) is 0 Å². The Hall–Kier alpha value is -3.27. The third-order valence-electron chi connectivity index (χ3n) is 5.22. The predicted molar refractivity (Wildman–Crippen MR) is 136 cm³/mol. The molecule has 1 heterocycles. The molecule has 0 radical (unpaired) electrons. The average Bonchev–Trinajstić information content (AvgIpc) is 3.27. The van der Waals surface area contributed by atoms with E-state index in [4.69, 9.17) is 21.1 Å². The summed E-state index contributed by atoms with van der Waals surface area (Å²) in [5.41, 5.74) is 1.02. The van der Waals surface area contributed by atoms with Gasteiger partial charge in [0.25, 0.3) is 15.9 Å². The fourth-order valence-corrected chi connectivity index (χ4v) is 5.85. The number of sulfonamides is 1. The number of hydrogen-bond donors (Lipinski definition) is 1. The largest absolute Gasteiger partial charge is 0.495 e. The number of para-hydroxylation sites is 2. The lowest BCUT2D eigenvalue weighted by Crippen LogP contribution is -2.26. The van der Waals surface area contributed by atoms with Gasteiger partial charge in [-0.3, -0.25) is 9.10 Å². The van der Waals surface area contributed by atoms with Crippen molar-refractivity contribution in [3.8, 4) is 11.5 Å². The molecular formula is C24H21ClN2O5S2. The number of methoxy groups -OCH3 is 2. The molecule has 0 bridgehead atoms. The van der Waals surface area contributed by atoms with E-state index >= 15 is 0 Å². The van der Waals surface area contributed by atoms with Crippen molar-refractivity contribution < 1.29 is 22.7 Å². The molecule has 1 amide bonds. The number of amides is 1. The van der Waals surface area contributed by atoms with Crippen LogP contribution in [-0.4, -0.2) is 35.6 Å². The summed E-state index contributed by atoms with van der Waals surface area (Å²) in [6.45, 7) is 0. The Balaban J connectivity index is 1.61. The quantitative estimate of drug-likeness (QED) is 0.343. The summed E-state index contributed by atoms with van der Waals surface area (Å²) >= 11 is 7.44. The molecule has 176 valence electrons. The number of benzene rings is 3. The summed E-state index contributed by atoms with van der Waals surface area (Å²) in [5.74, 6) is 0.674. The molecule has 1 aromatic heterocycles. The van der Waals surface area contributed by atoms with E-state index in [2.05, 4.69) is 5.32 Å². The highest BCUT2D eigenvalue weighted by Gasteiger charge is 2.23. The van der Waals surface area contributed by atoms with Gasteiger partial charge in [0.15, 0.2) is 0 Å². The fourth-order valence-electron chi connectivity index (χ4n) is 3.37. The average molecular weight is 517 g/mol. The second-order valence-electron chi connectivity index (χ2n) is 7.26. The van der Waals surface area contributed by atoms with Gasteiger partial charge in [-0.05, 0) is 60.0 Å². The van der Waals surface area contributed by atoms with Crippen LogP contribution in [0.1, 0.15) is 9.67 Å². The second kappa shape index (κ2) is 9.54. The van der Waals surface area contributed by atoms with Crippen LogP contribution < -0.4 is 19.1 Å². The maximum Gasteiger partial charge on any atom is 0.265 e. The summed E-state index contributed by atoms with van der Waals surface area (Å²) in [4.78, 5) is 13.3. The van der Waals surface area contributed by atoms with Crippen molar-refractivity contribution in [2.24, 2.45) is 0 Å². The lowest BCUT2D eigenvalue weighted by molar-refractivity contribution is 0.103. The molecule has 0 unspecified atom stereocenters. The minimum Gasteiger partial charge on any atom is -0.495 e. The fraction of sp³-hybridized carbons (Fsp3) is 0.125. The van der Waals surface area contributed by atoms with Gasteiger partial charge in [0.1, 0.15) is 11.5 Å². The van der Waals surface area contributed by atoms with E-state index in [1.807, 2.05) is 12.1 Å². The van der Waals surface area contributed by atoms with Crippen molar-refractivity contribution in [2.75, 3.05) is 30.9 Å². The molecule has 0 atom stereocenters. The number of ether oxygens (including phenoxy) is 2. The lowest BCUT2D eigenvalue weighted by Gasteiger charge is -2.20. The van der Waals surface area contributed by atoms with Gasteiger partial charge in [-0.2, -0.15) is 0 Å². The standard InChI is InChI=1S/C24H21ClN2O5S2/c1-27(34(29,30)17-9-10-20(31-2)18(25)14-17)16-8-11-22-15(12-16)13-23(33-22)24(28)26-19-6-4-5-7-21(19)32-3/h4-14H,1-3H3,(H,26,28). The van der Waals surface area contributed by atoms with E-state index < -0.39 is 10.0 Å². The van der Waals surface area contributed by atoms with Crippen LogP contribution in [0.15, 0.2) is 71.6 Å². The van der Waals surface area contributed by atoms with Gasteiger partial charge in [0.2, 0.25) is 0 Å². The Bertz CT molecular complexity index is 1480. The molecule has 4 rings (SSSR count). The topological polar surface area (TPSA) is 84.9 Å². The van der Waals surface area contributed by atoms with E-state index in [1.165, 1.54) is 55.1 Å². The van der Waals surface area contributed by atoms with Crippen molar-refractivity contribution in [1.82, 2.24) is 0 Å². The number of nitrogens with one attached hydrogen (secondary N) is 1. The van der Waals surface area contributed by atoms with Crippen molar-refractivity contribution in [2.45, 2.75) is 4.90 Å². The second-order valence-corrected chi connectivity index (χ2v) is 10.7. The smallest absolute Gasteiger partial charge is 0.265 e. The Morgan fingerprint density at radius 2 is 1.71 bits per heavy atom. The molecule has 0 saturated carbocycles. The number of fused-ring (bicyclic) bond motifs is 1. The highest BCUT2D eigenvalue weighted by molar-refractivity contribution is 7.92. The van der Waals surface area contributed by atoms with E-state index in [0.29, 0.717) is 27.8 Å². The summed E-state index contributed by atoms with van der Waals surface area (Å²) in [6.07, 6.45) is 0.